The Hall–Kier alpha value is -2.70. The molecule has 18 heavy (non-hydrogen) atoms. The van der Waals surface area contributed by atoms with Crippen LogP contribution in [0, 0.1) is 17.0 Å². The molecule has 0 aliphatic carbocycles. The number of phenols is 1. The molecule has 0 spiro atoms. The first kappa shape index (κ1) is 11.8. The summed E-state index contributed by atoms with van der Waals surface area (Å²) in [5.41, 5.74) is 0.598. The van der Waals surface area contributed by atoms with Gasteiger partial charge in [-0.15, -0.1) is 0 Å². The highest BCUT2D eigenvalue weighted by Gasteiger charge is 2.08. The molecule has 1 aromatic heterocycles. The zero-order valence-corrected chi connectivity index (χ0v) is 9.40. The van der Waals surface area contributed by atoms with Crippen LogP contribution in [0.5, 0.6) is 17.5 Å². The summed E-state index contributed by atoms with van der Waals surface area (Å²) in [7, 11) is 0. The fraction of sp³-hybridized carbons (Fsp3) is 0.0909. The van der Waals surface area contributed by atoms with E-state index in [2.05, 4.69) is 9.97 Å². The zero-order chi connectivity index (χ0) is 13.1. The van der Waals surface area contributed by atoms with Gasteiger partial charge in [0.05, 0.1) is 4.92 Å². The van der Waals surface area contributed by atoms with E-state index >= 15 is 0 Å². The van der Waals surface area contributed by atoms with Crippen LogP contribution in [0.3, 0.4) is 0 Å². The van der Waals surface area contributed by atoms with Crippen LogP contribution in [0.25, 0.3) is 0 Å². The molecule has 0 aliphatic heterocycles. The third-order valence-electron chi connectivity index (χ3n) is 2.07. The molecule has 1 heterocycles. The van der Waals surface area contributed by atoms with Crippen LogP contribution in [0.2, 0.25) is 0 Å². The van der Waals surface area contributed by atoms with Crippen LogP contribution in [0.4, 0.5) is 5.69 Å². The van der Waals surface area contributed by atoms with Gasteiger partial charge in [-0.3, -0.25) is 10.1 Å². The van der Waals surface area contributed by atoms with Gasteiger partial charge in [0.2, 0.25) is 0 Å². The van der Waals surface area contributed by atoms with E-state index in [0.717, 1.165) is 18.0 Å². The highest BCUT2D eigenvalue weighted by Crippen LogP contribution is 2.24. The van der Waals surface area contributed by atoms with Gasteiger partial charge in [-0.05, 0) is 24.6 Å². The van der Waals surface area contributed by atoms with Crippen LogP contribution < -0.4 is 4.74 Å². The monoisotopic (exact) mass is 247 g/mol. The fourth-order valence-electron chi connectivity index (χ4n) is 1.35. The van der Waals surface area contributed by atoms with Crippen LogP contribution >= 0.6 is 0 Å². The second-order valence-corrected chi connectivity index (χ2v) is 3.59. The molecule has 0 saturated heterocycles. The number of hydrogen-bond acceptors (Lipinski definition) is 6. The van der Waals surface area contributed by atoms with E-state index in [1.165, 1.54) is 6.07 Å². The van der Waals surface area contributed by atoms with Crippen LogP contribution in [0.15, 0.2) is 30.6 Å². The van der Waals surface area contributed by atoms with Crippen LogP contribution in [0.1, 0.15) is 5.56 Å². The molecular weight excluding hydrogens is 238 g/mol. The summed E-state index contributed by atoms with van der Waals surface area (Å²) >= 11 is 0. The molecule has 2 aromatic rings. The first-order chi connectivity index (χ1) is 8.54. The van der Waals surface area contributed by atoms with E-state index in [0.29, 0.717) is 5.75 Å². The van der Waals surface area contributed by atoms with Gasteiger partial charge in [0, 0.05) is 6.07 Å². The third-order valence-corrected chi connectivity index (χ3v) is 2.07. The van der Waals surface area contributed by atoms with Crippen molar-refractivity contribution in [3.05, 3.63) is 46.3 Å². The summed E-state index contributed by atoms with van der Waals surface area (Å²) in [6, 6.07) is 4.64. The minimum Gasteiger partial charge on any atom is -0.508 e. The molecule has 0 atom stereocenters. The van der Waals surface area contributed by atoms with Gasteiger partial charge in [0.15, 0.2) is 0 Å². The molecular formula is C11H9N3O4. The summed E-state index contributed by atoms with van der Waals surface area (Å²) in [6.45, 7) is 1.79. The second kappa shape index (κ2) is 4.66. The van der Waals surface area contributed by atoms with Gasteiger partial charge in [0.25, 0.3) is 0 Å². The molecule has 0 amide bonds. The maximum Gasteiger partial charge on any atom is 0.322 e. The highest BCUT2D eigenvalue weighted by atomic mass is 16.6. The first-order valence-corrected chi connectivity index (χ1v) is 4.99. The van der Waals surface area contributed by atoms with Gasteiger partial charge in [-0.1, -0.05) is 0 Å². The molecule has 0 radical (unpaired) electrons. The first-order valence-electron chi connectivity index (χ1n) is 4.99. The van der Waals surface area contributed by atoms with Crippen molar-refractivity contribution in [2.45, 2.75) is 6.92 Å². The lowest BCUT2D eigenvalue weighted by molar-refractivity contribution is -0.385. The van der Waals surface area contributed by atoms with Crippen molar-refractivity contribution in [2.24, 2.45) is 0 Å². The number of phenolic OH excluding ortho intramolecular Hbond substituents is 1. The zero-order valence-electron chi connectivity index (χ0n) is 9.40. The predicted molar refractivity (Wildman–Crippen MR) is 61.6 cm³/mol. The lowest BCUT2D eigenvalue weighted by Gasteiger charge is -2.04. The number of nitro groups is 1. The number of rotatable bonds is 3. The molecule has 7 heteroatoms. The maximum atomic E-state index is 10.4. The summed E-state index contributed by atoms with van der Waals surface area (Å²) < 4.78 is 5.27. The van der Waals surface area contributed by atoms with Gasteiger partial charge in [0.1, 0.15) is 23.9 Å². The Morgan fingerprint density at radius 1 is 1.28 bits per heavy atom. The van der Waals surface area contributed by atoms with Gasteiger partial charge >= 0.3 is 11.7 Å². The topological polar surface area (TPSA) is 98.4 Å². The van der Waals surface area contributed by atoms with E-state index in [9.17, 15) is 15.2 Å². The molecule has 0 aliphatic rings. The van der Waals surface area contributed by atoms with E-state index in [1.807, 2.05) is 0 Å². The SMILES string of the molecule is Cc1cc(O)cc(Oc2ncc([N+](=O)[O-])cn2)c1. The average molecular weight is 247 g/mol. The third kappa shape index (κ3) is 2.70. The molecule has 1 aromatic carbocycles. The number of aromatic nitrogens is 2. The molecule has 1 N–H and O–H groups in total. The van der Waals surface area contributed by atoms with E-state index < -0.39 is 4.92 Å². The van der Waals surface area contributed by atoms with Gasteiger partial charge < -0.3 is 9.84 Å². The molecule has 92 valence electrons. The van der Waals surface area contributed by atoms with Crippen LogP contribution in [-0.4, -0.2) is 20.0 Å². The standard InChI is InChI=1S/C11H9N3O4/c1-7-2-9(15)4-10(3-7)18-11-12-5-8(6-13-11)14(16)17/h2-6,15H,1H3. The van der Waals surface area contributed by atoms with Crippen LogP contribution in [-0.2, 0) is 0 Å². The fourth-order valence-corrected chi connectivity index (χ4v) is 1.35. The van der Waals surface area contributed by atoms with Crippen molar-refractivity contribution in [2.75, 3.05) is 0 Å². The molecule has 0 fully saturated rings. The predicted octanol–water partition coefficient (Wildman–Crippen LogP) is 2.19. The molecule has 7 nitrogen and oxygen atoms in total. The number of aromatic hydroxyl groups is 1. The molecule has 0 bridgehead atoms. The largest absolute Gasteiger partial charge is 0.508 e. The minimum absolute atomic E-state index is 0.0226. The summed E-state index contributed by atoms with van der Waals surface area (Å²) in [5.74, 6) is 0.424. The van der Waals surface area contributed by atoms with Crippen molar-refractivity contribution in [1.82, 2.24) is 9.97 Å². The minimum atomic E-state index is -0.595. The van der Waals surface area contributed by atoms with Gasteiger partial charge in [-0.25, -0.2) is 0 Å². The summed E-state index contributed by atoms with van der Waals surface area (Å²) in [5, 5.41) is 19.8. The lowest BCUT2D eigenvalue weighted by atomic mass is 10.2. The van der Waals surface area contributed by atoms with E-state index in [4.69, 9.17) is 4.74 Å². The smallest absolute Gasteiger partial charge is 0.322 e. The van der Waals surface area contributed by atoms with E-state index in [-0.39, 0.29) is 17.4 Å². The Bertz CT molecular complexity index is 563. The van der Waals surface area contributed by atoms with Crippen molar-refractivity contribution in [3.8, 4) is 17.5 Å². The number of aryl methyl sites for hydroxylation is 1. The van der Waals surface area contributed by atoms with Crippen molar-refractivity contribution in [3.63, 3.8) is 0 Å². The number of nitrogens with zero attached hydrogens (tertiary/aromatic N) is 3. The van der Waals surface area contributed by atoms with Crippen molar-refractivity contribution in [1.29, 1.82) is 0 Å². The normalized spacial score (nSPS) is 10.1. The average Bonchev–Trinajstić information content (AvgIpc) is 2.28. The number of ether oxygens (including phenoxy) is 1. The van der Waals surface area contributed by atoms with Gasteiger partial charge in [-0.2, -0.15) is 9.97 Å². The Morgan fingerprint density at radius 2 is 1.94 bits per heavy atom. The Kier molecular flexibility index (Phi) is 3.05. The molecule has 2 rings (SSSR count). The molecule has 0 unspecified atom stereocenters. The quantitative estimate of drug-likeness (QED) is 0.659. The summed E-state index contributed by atoms with van der Waals surface area (Å²) in [4.78, 5) is 17.2. The maximum absolute atomic E-state index is 10.4. The lowest BCUT2D eigenvalue weighted by Crippen LogP contribution is -1.94. The second-order valence-electron chi connectivity index (χ2n) is 3.59. The van der Waals surface area contributed by atoms with Crippen molar-refractivity contribution >= 4 is 5.69 Å². The van der Waals surface area contributed by atoms with E-state index in [1.54, 1.807) is 19.1 Å². The molecule has 0 saturated carbocycles. The highest BCUT2D eigenvalue weighted by molar-refractivity contribution is 5.38. The Labute approximate surface area is 102 Å². The Morgan fingerprint density at radius 3 is 2.50 bits per heavy atom. The summed E-state index contributed by atoms with van der Waals surface area (Å²) in [6.07, 6.45) is 2.11. The number of benzene rings is 1. The Balaban J connectivity index is 2.20. The number of hydrogen-bond donors (Lipinski definition) is 1. The van der Waals surface area contributed by atoms with Crippen molar-refractivity contribution < 1.29 is 14.8 Å².